The number of aliphatic hydroxyl groups excluding tert-OH is 1. The number of aromatic nitrogens is 4. The Hall–Kier alpha value is -5.62. The number of aliphatic hydroxyl groups is 1. The van der Waals surface area contributed by atoms with E-state index >= 15 is 0 Å². The molecule has 7 heterocycles. The molecule has 0 bridgehead atoms. The summed E-state index contributed by atoms with van der Waals surface area (Å²) >= 11 is 1.59. The topological polar surface area (TPSA) is 186 Å². The second kappa shape index (κ2) is 19.7. The number of benzene rings is 2. The number of hydrogen-bond acceptors (Lipinski definition) is 15. The maximum atomic E-state index is 14.3. The number of nitrogens with zero attached hydrogens (tertiary/aromatic N) is 8. The fourth-order valence-electron chi connectivity index (χ4n) is 10.3. The molecule has 0 spiro atoms. The number of amides is 2. The molecule has 17 heteroatoms. The Labute approximate surface area is 390 Å². The Bertz CT molecular complexity index is 2470. The zero-order valence-electron chi connectivity index (χ0n) is 38.5. The second-order valence-electron chi connectivity index (χ2n) is 18.9. The number of anilines is 2. The Morgan fingerprint density at radius 1 is 0.985 bits per heavy atom. The third-order valence-electron chi connectivity index (χ3n) is 13.8. The van der Waals surface area contributed by atoms with Gasteiger partial charge in [0.05, 0.1) is 45.7 Å². The van der Waals surface area contributed by atoms with E-state index in [1.807, 2.05) is 88.7 Å². The zero-order chi connectivity index (χ0) is 46.1. The van der Waals surface area contributed by atoms with Crippen LogP contribution in [0.4, 0.5) is 11.5 Å². The first-order valence-corrected chi connectivity index (χ1v) is 24.3. The number of likely N-dealkylation sites (tertiary alicyclic amines) is 2. The number of β-amino-alcohol motifs (C(OH)–C–C–N with tert-alkyl or cyclic N) is 1. The number of aryl methyl sites for hydroxylation is 1. The average Bonchev–Trinajstić information content (AvgIpc) is 4.06. The summed E-state index contributed by atoms with van der Waals surface area (Å²) in [6, 6.07) is 18.3. The van der Waals surface area contributed by atoms with E-state index in [4.69, 9.17) is 9.26 Å². The molecule has 0 aliphatic carbocycles. The molecule has 0 radical (unpaired) electrons. The Balaban J connectivity index is 0.738. The summed E-state index contributed by atoms with van der Waals surface area (Å²) in [6.45, 7) is 17.4. The number of carbonyl (C=O) groups is 2. The first kappa shape index (κ1) is 45.5. The van der Waals surface area contributed by atoms with Gasteiger partial charge in [0.1, 0.15) is 23.8 Å². The number of aromatic hydroxyl groups is 1. The standard InChI is InChI=1S/C49H62N10O6S/c1-29(2)45(49(63)59-27-37(60)20-41(59)48(62)52-31(4)34-10-12-35(13-11-34)46-32(5)51-28-66-46)43-22-44(55-65-43)64-30(3)24-56-16-14-33(15-17-56)25-57-18-19-58-36(26-57)23-50-47-40(58)21-39(53-54-47)38-8-6-7-9-42(38)61/h6-13,21-22,28-31,33,36-37,41,45,60-61H,14-20,23-27H2,1-5H3,(H,50,54)(H,52,62)/t30?,31?,36-,37+,41-,45?/m0/s1. The molecule has 3 unspecified atom stereocenters. The van der Waals surface area contributed by atoms with Crippen molar-refractivity contribution < 1.29 is 29.1 Å². The molecule has 350 valence electrons. The molecule has 3 fully saturated rings. The molecule has 0 saturated carbocycles. The van der Waals surface area contributed by atoms with Crippen LogP contribution in [0.1, 0.15) is 75.9 Å². The predicted octanol–water partition coefficient (Wildman–Crippen LogP) is 5.94. The fraction of sp³-hybridized carbons (Fsp3) is 0.510. The smallest absolute Gasteiger partial charge is 0.254 e. The van der Waals surface area contributed by atoms with Crippen LogP contribution in [0.2, 0.25) is 0 Å². The lowest BCUT2D eigenvalue weighted by Gasteiger charge is -2.47. The number of para-hydroxylation sites is 1. The van der Waals surface area contributed by atoms with Crippen molar-refractivity contribution in [2.45, 2.75) is 90.1 Å². The number of ether oxygens (including phenoxy) is 1. The van der Waals surface area contributed by atoms with Crippen molar-refractivity contribution in [1.82, 2.24) is 40.4 Å². The van der Waals surface area contributed by atoms with Crippen LogP contribution in [0, 0.1) is 18.8 Å². The molecule has 4 N–H and O–H groups in total. The highest BCUT2D eigenvalue weighted by molar-refractivity contribution is 7.13. The first-order chi connectivity index (χ1) is 31.9. The van der Waals surface area contributed by atoms with Gasteiger partial charge in [-0.15, -0.1) is 21.5 Å². The minimum atomic E-state index is -0.821. The first-order valence-electron chi connectivity index (χ1n) is 23.4. The normalized spacial score (nSPS) is 21.8. The zero-order valence-corrected chi connectivity index (χ0v) is 39.3. The summed E-state index contributed by atoms with van der Waals surface area (Å²) in [7, 11) is 0. The summed E-state index contributed by atoms with van der Waals surface area (Å²) in [4.78, 5) is 42.5. The number of fused-ring (bicyclic) bond motifs is 3. The highest BCUT2D eigenvalue weighted by Crippen LogP contribution is 2.37. The Kier molecular flexibility index (Phi) is 13.6. The number of phenolic OH excluding ortho intramolecular Hbond substituents is 1. The summed E-state index contributed by atoms with van der Waals surface area (Å²) in [5.41, 5.74) is 7.23. The van der Waals surface area contributed by atoms with Gasteiger partial charge in [-0.1, -0.05) is 50.2 Å². The summed E-state index contributed by atoms with van der Waals surface area (Å²) in [5, 5.41) is 40.8. The van der Waals surface area contributed by atoms with Crippen LogP contribution >= 0.6 is 11.3 Å². The highest BCUT2D eigenvalue weighted by Gasteiger charge is 2.44. The lowest BCUT2D eigenvalue weighted by molar-refractivity contribution is -0.141. The van der Waals surface area contributed by atoms with Crippen molar-refractivity contribution in [2.24, 2.45) is 11.8 Å². The Morgan fingerprint density at radius 3 is 2.52 bits per heavy atom. The van der Waals surface area contributed by atoms with E-state index in [9.17, 15) is 19.8 Å². The lowest BCUT2D eigenvalue weighted by atomic mass is 9.91. The number of piperidine rings is 1. The number of carbonyl (C=O) groups excluding carboxylic acids is 2. The molecule has 16 nitrogen and oxygen atoms in total. The van der Waals surface area contributed by atoms with E-state index < -0.39 is 18.1 Å². The van der Waals surface area contributed by atoms with Gasteiger partial charge in [0.25, 0.3) is 5.88 Å². The van der Waals surface area contributed by atoms with Gasteiger partial charge in [-0.25, -0.2) is 4.98 Å². The van der Waals surface area contributed by atoms with Gasteiger partial charge in [0.15, 0.2) is 11.6 Å². The monoisotopic (exact) mass is 918 g/mol. The molecule has 4 aliphatic heterocycles. The van der Waals surface area contributed by atoms with Crippen molar-refractivity contribution in [3.63, 3.8) is 0 Å². The van der Waals surface area contributed by atoms with E-state index in [0.29, 0.717) is 34.9 Å². The fourth-order valence-corrected chi connectivity index (χ4v) is 11.1. The van der Waals surface area contributed by atoms with Gasteiger partial charge >= 0.3 is 0 Å². The summed E-state index contributed by atoms with van der Waals surface area (Å²) in [6.07, 6.45) is 1.42. The van der Waals surface area contributed by atoms with Gasteiger partial charge in [-0.3, -0.25) is 19.4 Å². The molecule has 4 aliphatic rings. The van der Waals surface area contributed by atoms with Crippen LogP contribution in [-0.4, -0.2) is 140 Å². The molecule has 9 rings (SSSR count). The lowest BCUT2D eigenvalue weighted by Crippen LogP contribution is -2.58. The highest BCUT2D eigenvalue weighted by atomic mass is 32.1. The van der Waals surface area contributed by atoms with Crippen molar-refractivity contribution in [3.8, 4) is 33.3 Å². The van der Waals surface area contributed by atoms with Gasteiger partial charge in [0, 0.05) is 63.9 Å². The molecule has 2 amide bonds. The number of piperazine rings is 1. The average molecular weight is 919 g/mol. The third kappa shape index (κ3) is 9.89. The van der Waals surface area contributed by atoms with Gasteiger partial charge < -0.3 is 39.9 Å². The van der Waals surface area contributed by atoms with Crippen molar-refractivity contribution in [1.29, 1.82) is 0 Å². The van der Waals surface area contributed by atoms with Gasteiger partial charge in [0.2, 0.25) is 11.8 Å². The van der Waals surface area contributed by atoms with Gasteiger partial charge in [-0.2, -0.15) is 0 Å². The Morgan fingerprint density at radius 2 is 1.77 bits per heavy atom. The minimum Gasteiger partial charge on any atom is -0.507 e. The molecule has 6 atom stereocenters. The third-order valence-corrected chi connectivity index (χ3v) is 14.8. The molecular formula is C49H62N10O6S. The van der Waals surface area contributed by atoms with E-state index in [1.165, 1.54) is 4.90 Å². The predicted molar refractivity (Wildman–Crippen MR) is 254 cm³/mol. The minimum absolute atomic E-state index is 0.0614. The summed E-state index contributed by atoms with van der Waals surface area (Å²) in [5.74, 6) is 0.853. The second-order valence-corrected chi connectivity index (χ2v) is 19.8. The van der Waals surface area contributed by atoms with Crippen LogP contribution in [0.5, 0.6) is 11.6 Å². The quantitative estimate of drug-likeness (QED) is 0.103. The maximum Gasteiger partial charge on any atom is 0.254 e. The number of phenols is 1. The summed E-state index contributed by atoms with van der Waals surface area (Å²) < 4.78 is 12.1. The van der Waals surface area contributed by atoms with Crippen LogP contribution in [0.3, 0.4) is 0 Å². The van der Waals surface area contributed by atoms with E-state index in [0.717, 1.165) is 98.4 Å². The number of nitrogens with one attached hydrogen (secondary N) is 2. The molecule has 3 aromatic heterocycles. The van der Waals surface area contributed by atoms with Crippen molar-refractivity contribution in [3.05, 3.63) is 83.2 Å². The van der Waals surface area contributed by atoms with Gasteiger partial charge in [-0.05, 0) is 93.0 Å². The van der Waals surface area contributed by atoms with E-state index in [1.54, 1.807) is 23.5 Å². The van der Waals surface area contributed by atoms with Crippen molar-refractivity contribution in [2.75, 3.05) is 69.1 Å². The van der Waals surface area contributed by atoms with E-state index in [-0.39, 0.29) is 48.6 Å². The van der Waals surface area contributed by atoms with Crippen LogP contribution in [0.25, 0.3) is 21.7 Å². The van der Waals surface area contributed by atoms with Crippen molar-refractivity contribution >= 4 is 34.7 Å². The molecule has 3 saturated heterocycles. The van der Waals surface area contributed by atoms with Crippen LogP contribution in [-0.2, 0) is 9.59 Å². The van der Waals surface area contributed by atoms with Crippen LogP contribution in [0.15, 0.2) is 70.7 Å². The number of thiazole rings is 1. The number of rotatable bonds is 14. The molecule has 2 aromatic carbocycles. The maximum absolute atomic E-state index is 14.3. The molecular weight excluding hydrogens is 857 g/mol. The largest absolute Gasteiger partial charge is 0.507 e. The molecule has 5 aromatic rings. The number of hydrogen-bond donors (Lipinski definition) is 4. The molecule has 66 heavy (non-hydrogen) atoms. The van der Waals surface area contributed by atoms with Crippen LogP contribution < -0.4 is 20.3 Å². The SMILES string of the molecule is Cc1ncsc1-c1ccc(C(C)NC(=O)[C@@H]2C[C@@H](O)CN2C(=O)C(c2cc(OC(C)CN3CCC(CN4CCN5c6cc(-c7ccccc7O)nnc6NC[C@H]5C4)CC3)no2)C(C)C)cc1. The van der Waals surface area contributed by atoms with E-state index in [2.05, 4.69) is 45.7 Å².